The molecular formula is C17H16ClNO5. The summed E-state index contributed by atoms with van der Waals surface area (Å²) in [5.41, 5.74) is -0.578. The Morgan fingerprint density at radius 3 is 2.79 bits per heavy atom. The molecule has 2 aliphatic rings. The molecule has 0 N–H and O–H groups in total. The number of nitro benzene ring substituents is 1. The molecule has 24 heavy (non-hydrogen) atoms. The Bertz CT molecular complexity index is 742. The number of fused-ring (bicyclic) bond motifs is 1. The van der Waals surface area contributed by atoms with E-state index in [9.17, 15) is 19.7 Å². The van der Waals surface area contributed by atoms with Crippen molar-refractivity contribution in [2.24, 2.45) is 11.8 Å². The molecule has 1 aromatic carbocycles. The van der Waals surface area contributed by atoms with E-state index in [0.29, 0.717) is 12.2 Å². The Balaban J connectivity index is 1.86. The molecule has 0 heterocycles. The summed E-state index contributed by atoms with van der Waals surface area (Å²) in [6.45, 7) is 0. The lowest BCUT2D eigenvalue weighted by Crippen LogP contribution is -2.30. The topological polar surface area (TPSA) is 86.5 Å². The predicted octanol–water partition coefficient (Wildman–Crippen LogP) is 4.07. The number of hydrogen-bond donors (Lipinski definition) is 0. The molecule has 0 amide bonds. The molecule has 0 aliphatic heterocycles. The fraction of sp³-hybridized carbons (Fsp3) is 0.412. The van der Waals surface area contributed by atoms with Crippen LogP contribution >= 0.6 is 11.6 Å². The van der Waals surface area contributed by atoms with Gasteiger partial charge in [0.15, 0.2) is 5.78 Å². The molecular weight excluding hydrogens is 334 g/mol. The first-order chi connectivity index (χ1) is 11.5. The molecule has 7 heteroatoms. The number of carbonyl (C=O) groups is 2. The second-order valence-corrected chi connectivity index (χ2v) is 6.61. The van der Waals surface area contributed by atoms with Crippen LogP contribution in [-0.2, 0) is 9.53 Å². The number of halogens is 1. The molecule has 126 valence electrons. The SMILES string of the molecule is O=C1C=C(OC(=O)c2ccc(Cl)cc2[N+](=O)[O-])C2CCCCC2C1. The first-order valence-electron chi connectivity index (χ1n) is 7.86. The monoisotopic (exact) mass is 349 g/mol. The molecule has 2 atom stereocenters. The standard InChI is InChI=1S/C17H16ClNO5/c18-11-5-6-14(15(8-11)19(22)23)17(21)24-16-9-12(20)7-10-3-1-2-4-13(10)16/h5-6,8-10,13H,1-4,7H2. The lowest BCUT2D eigenvalue weighted by molar-refractivity contribution is -0.385. The Morgan fingerprint density at radius 1 is 1.29 bits per heavy atom. The van der Waals surface area contributed by atoms with Gasteiger partial charge >= 0.3 is 5.97 Å². The van der Waals surface area contributed by atoms with Crippen LogP contribution in [0.5, 0.6) is 0 Å². The van der Waals surface area contributed by atoms with Gasteiger partial charge in [-0.25, -0.2) is 4.79 Å². The van der Waals surface area contributed by atoms with E-state index in [4.69, 9.17) is 16.3 Å². The normalized spacial score (nSPS) is 23.2. The van der Waals surface area contributed by atoms with Crippen LogP contribution < -0.4 is 0 Å². The van der Waals surface area contributed by atoms with Gasteiger partial charge in [0.25, 0.3) is 5.69 Å². The van der Waals surface area contributed by atoms with Crippen molar-refractivity contribution in [3.05, 3.63) is 50.7 Å². The number of carbonyl (C=O) groups excluding carboxylic acids is 2. The zero-order chi connectivity index (χ0) is 17.3. The largest absolute Gasteiger partial charge is 0.427 e. The summed E-state index contributed by atoms with van der Waals surface area (Å²) in [5.74, 6) is -0.327. The second-order valence-electron chi connectivity index (χ2n) is 6.18. The van der Waals surface area contributed by atoms with Crippen molar-refractivity contribution in [1.29, 1.82) is 0 Å². The number of allylic oxidation sites excluding steroid dienone is 2. The molecule has 0 radical (unpaired) electrons. The number of benzene rings is 1. The summed E-state index contributed by atoms with van der Waals surface area (Å²) < 4.78 is 5.40. The summed E-state index contributed by atoms with van der Waals surface area (Å²) in [5, 5.41) is 11.3. The number of nitrogens with zero attached hydrogens (tertiary/aromatic N) is 1. The minimum atomic E-state index is -0.830. The van der Waals surface area contributed by atoms with Gasteiger partial charge in [0.1, 0.15) is 11.3 Å². The Kier molecular flexibility index (Phi) is 4.66. The fourth-order valence-electron chi connectivity index (χ4n) is 3.51. The Morgan fingerprint density at radius 2 is 2.04 bits per heavy atom. The van der Waals surface area contributed by atoms with Gasteiger partial charge in [-0.05, 0) is 30.9 Å². The van der Waals surface area contributed by atoms with Crippen LogP contribution in [0.4, 0.5) is 5.69 Å². The van der Waals surface area contributed by atoms with Crippen molar-refractivity contribution in [2.45, 2.75) is 32.1 Å². The molecule has 0 bridgehead atoms. The maximum Gasteiger partial charge on any atom is 0.350 e. The van der Waals surface area contributed by atoms with Crippen LogP contribution in [0.25, 0.3) is 0 Å². The molecule has 1 aromatic rings. The van der Waals surface area contributed by atoms with Gasteiger partial charge in [0.05, 0.1) is 4.92 Å². The quantitative estimate of drug-likeness (QED) is 0.466. The minimum Gasteiger partial charge on any atom is -0.427 e. The van der Waals surface area contributed by atoms with Crippen LogP contribution in [0.3, 0.4) is 0 Å². The first-order valence-corrected chi connectivity index (χ1v) is 8.24. The van der Waals surface area contributed by atoms with Crippen LogP contribution in [0.2, 0.25) is 5.02 Å². The molecule has 1 saturated carbocycles. The number of rotatable bonds is 3. The summed E-state index contributed by atoms with van der Waals surface area (Å²) in [7, 11) is 0. The third-order valence-corrected chi connectivity index (χ3v) is 4.86. The number of esters is 1. The van der Waals surface area contributed by atoms with E-state index >= 15 is 0 Å². The van der Waals surface area contributed by atoms with Crippen molar-refractivity contribution >= 4 is 29.0 Å². The zero-order valence-corrected chi connectivity index (χ0v) is 13.6. The number of ketones is 1. The third kappa shape index (κ3) is 3.33. The minimum absolute atomic E-state index is 0.0340. The van der Waals surface area contributed by atoms with Gasteiger partial charge in [-0.3, -0.25) is 14.9 Å². The molecule has 0 spiro atoms. The number of nitro groups is 1. The van der Waals surface area contributed by atoms with Gasteiger partial charge < -0.3 is 4.74 Å². The lowest BCUT2D eigenvalue weighted by Gasteiger charge is -2.34. The Hall–Kier alpha value is -2.21. The van der Waals surface area contributed by atoms with Gasteiger partial charge in [-0.1, -0.05) is 24.4 Å². The molecule has 0 saturated heterocycles. The van der Waals surface area contributed by atoms with Gasteiger partial charge in [0.2, 0.25) is 0 Å². The predicted molar refractivity (Wildman–Crippen MR) is 86.7 cm³/mol. The van der Waals surface area contributed by atoms with Crippen LogP contribution in [0, 0.1) is 22.0 Å². The van der Waals surface area contributed by atoms with E-state index in [0.717, 1.165) is 31.7 Å². The van der Waals surface area contributed by atoms with Crippen LogP contribution in [0.1, 0.15) is 42.5 Å². The van der Waals surface area contributed by atoms with Gasteiger partial charge in [0, 0.05) is 29.5 Å². The van der Waals surface area contributed by atoms with Crippen molar-refractivity contribution in [3.63, 3.8) is 0 Å². The number of ether oxygens (including phenoxy) is 1. The summed E-state index contributed by atoms with van der Waals surface area (Å²) in [4.78, 5) is 34.7. The fourth-order valence-corrected chi connectivity index (χ4v) is 3.67. The third-order valence-electron chi connectivity index (χ3n) is 4.63. The number of hydrogen-bond acceptors (Lipinski definition) is 5. The Labute approximate surface area is 143 Å². The molecule has 3 rings (SSSR count). The summed E-state index contributed by atoms with van der Waals surface area (Å²) >= 11 is 5.76. The van der Waals surface area contributed by atoms with E-state index in [1.165, 1.54) is 18.2 Å². The smallest absolute Gasteiger partial charge is 0.350 e. The van der Waals surface area contributed by atoms with Crippen molar-refractivity contribution in [3.8, 4) is 0 Å². The highest BCUT2D eigenvalue weighted by Gasteiger charge is 2.36. The van der Waals surface area contributed by atoms with Crippen LogP contribution in [0.15, 0.2) is 30.0 Å². The first kappa shape index (κ1) is 16.6. The highest BCUT2D eigenvalue weighted by Crippen LogP contribution is 2.41. The van der Waals surface area contributed by atoms with Crippen molar-refractivity contribution in [1.82, 2.24) is 0 Å². The second kappa shape index (κ2) is 6.73. The maximum atomic E-state index is 12.4. The molecule has 2 unspecified atom stereocenters. The maximum absolute atomic E-state index is 12.4. The molecule has 6 nitrogen and oxygen atoms in total. The van der Waals surface area contributed by atoms with Gasteiger partial charge in [-0.2, -0.15) is 0 Å². The van der Waals surface area contributed by atoms with E-state index in [1.807, 2.05) is 0 Å². The van der Waals surface area contributed by atoms with Crippen molar-refractivity contribution < 1.29 is 19.2 Å². The zero-order valence-electron chi connectivity index (χ0n) is 12.9. The highest BCUT2D eigenvalue weighted by atomic mass is 35.5. The van der Waals surface area contributed by atoms with Gasteiger partial charge in [-0.15, -0.1) is 0 Å². The summed E-state index contributed by atoms with van der Waals surface area (Å²) in [6, 6.07) is 3.78. The molecule has 0 aromatic heterocycles. The summed E-state index contributed by atoms with van der Waals surface area (Å²) in [6.07, 6.45) is 5.73. The van der Waals surface area contributed by atoms with Crippen molar-refractivity contribution in [2.75, 3.05) is 0 Å². The molecule has 1 fully saturated rings. The van der Waals surface area contributed by atoms with E-state index in [1.54, 1.807) is 0 Å². The van der Waals surface area contributed by atoms with E-state index in [-0.39, 0.29) is 28.2 Å². The average Bonchev–Trinajstić information content (AvgIpc) is 2.54. The van der Waals surface area contributed by atoms with E-state index < -0.39 is 16.6 Å². The van der Waals surface area contributed by atoms with Crippen LogP contribution in [-0.4, -0.2) is 16.7 Å². The highest BCUT2D eigenvalue weighted by molar-refractivity contribution is 6.31. The van der Waals surface area contributed by atoms with E-state index in [2.05, 4.69) is 0 Å². The molecule has 2 aliphatic carbocycles. The average molecular weight is 350 g/mol. The lowest BCUT2D eigenvalue weighted by atomic mass is 9.73.